The van der Waals surface area contributed by atoms with Gasteiger partial charge in [0.2, 0.25) is 11.2 Å². The average Bonchev–Trinajstić information content (AvgIpc) is 2.55. The maximum atomic E-state index is 12.4. The van der Waals surface area contributed by atoms with E-state index in [1.807, 2.05) is 0 Å². The molecule has 0 aliphatic rings. The number of fused-ring (bicyclic) bond motifs is 1. The molecule has 8 nitrogen and oxygen atoms in total. The molecule has 0 atom stereocenters. The van der Waals surface area contributed by atoms with Crippen LogP contribution in [0.5, 0.6) is 5.75 Å². The highest BCUT2D eigenvalue weighted by molar-refractivity contribution is 6.06. The number of nitrogens with two attached hydrogens (primary N) is 1. The van der Waals surface area contributed by atoms with Gasteiger partial charge >= 0.3 is 5.82 Å². The number of benzene rings is 2. The molecular formula is C15H13N4O4+. The lowest BCUT2D eigenvalue weighted by Gasteiger charge is -2.10. The van der Waals surface area contributed by atoms with Gasteiger partial charge in [-0.15, -0.1) is 0 Å². The molecule has 1 heterocycles. The number of carbonyl (C=O) groups excluding carboxylic acids is 1. The third-order valence-corrected chi connectivity index (χ3v) is 3.37. The highest BCUT2D eigenvalue weighted by Gasteiger charge is 2.26. The Hall–Kier alpha value is -3.55. The highest BCUT2D eigenvalue weighted by Crippen LogP contribution is 2.23. The van der Waals surface area contributed by atoms with Crippen LogP contribution in [0.15, 0.2) is 48.5 Å². The number of aromatic nitrogens is 2. The first kappa shape index (κ1) is 14.4. The fourth-order valence-electron chi connectivity index (χ4n) is 2.24. The number of hydrogen-bond donors (Lipinski definition) is 4. The topological polar surface area (TPSA) is 123 Å². The predicted molar refractivity (Wildman–Crippen MR) is 83.0 cm³/mol. The molecule has 0 spiro atoms. The van der Waals surface area contributed by atoms with Crippen molar-refractivity contribution in [2.75, 3.05) is 11.1 Å². The summed E-state index contributed by atoms with van der Waals surface area (Å²) in [4.78, 5) is 24.5. The Labute approximate surface area is 129 Å². The predicted octanol–water partition coefficient (Wildman–Crippen LogP) is 1.33. The molecule has 8 heteroatoms. The van der Waals surface area contributed by atoms with Gasteiger partial charge in [0.15, 0.2) is 0 Å². The summed E-state index contributed by atoms with van der Waals surface area (Å²) in [6.07, 6.45) is 0. The lowest BCUT2D eigenvalue weighted by Crippen LogP contribution is -2.31. The SMILES string of the molecule is Nc1c(C(=O)Nc2ccccc2O)n(O)c2ccccc2[n+]1=O. The molecule has 0 radical (unpaired) electrons. The van der Waals surface area contributed by atoms with Gasteiger partial charge in [0, 0.05) is 4.43 Å². The van der Waals surface area contributed by atoms with Crippen molar-refractivity contribution in [1.82, 2.24) is 4.73 Å². The van der Waals surface area contributed by atoms with Gasteiger partial charge in [-0.1, -0.05) is 29.2 Å². The number of carbonyl (C=O) groups is 1. The van der Waals surface area contributed by atoms with E-state index in [1.54, 1.807) is 24.3 Å². The lowest BCUT2D eigenvalue weighted by molar-refractivity contribution is -0.448. The van der Waals surface area contributed by atoms with Gasteiger partial charge in [-0.25, -0.2) is 0 Å². The summed E-state index contributed by atoms with van der Waals surface area (Å²) in [5.74, 6) is -1.44. The molecule has 0 unspecified atom stereocenters. The van der Waals surface area contributed by atoms with Crippen molar-refractivity contribution in [3.8, 4) is 5.75 Å². The first-order valence-electron chi connectivity index (χ1n) is 6.65. The summed E-state index contributed by atoms with van der Waals surface area (Å²) < 4.78 is 0.913. The number of anilines is 2. The molecule has 2 aromatic carbocycles. The highest BCUT2D eigenvalue weighted by atomic mass is 16.5. The number of phenols is 1. The van der Waals surface area contributed by atoms with Crippen molar-refractivity contribution in [3.63, 3.8) is 0 Å². The number of nitrogens with one attached hydrogen (secondary N) is 1. The quantitative estimate of drug-likeness (QED) is 0.323. The number of para-hydroxylation sites is 4. The average molecular weight is 313 g/mol. The fraction of sp³-hybridized carbons (Fsp3) is 0. The van der Waals surface area contributed by atoms with E-state index in [-0.39, 0.29) is 22.5 Å². The summed E-state index contributed by atoms with van der Waals surface area (Å²) in [6.45, 7) is 0. The van der Waals surface area contributed by atoms with Crippen molar-refractivity contribution < 1.29 is 19.5 Å². The number of nitrogens with zero attached hydrogens (tertiary/aromatic N) is 2. The van der Waals surface area contributed by atoms with Crippen LogP contribution in [0.4, 0.5) is 11.5 Å². The van der Waals surface area contributed by atoms with Crippen LogP contribution in [0.2, 0.25) is 0 Å². The Balaban J connectivity index is 2.15. The number of nitrogen functional groups attached to an aromatic ring is 1. The van der Waals surface area contributed by atoms with E-state index in [0.29, 0.717) is 9.16 Å². The summed E-state index contributed by atoms with van der Waals surface area (Å²) >= 11 is 0. The van der Waals surface area contributed by atoms with Crippen LogP contribution in [-0.2, 0) is 0 Å². The van der Waals surface area contributed by atoms with Crippen molar-refractivity contribution in [3.05, 3.63) is 59.1 Å². The first-order chi connectivity index (χ1) is 11.0. The first-order valence-corrected chi connectivity index (χ1v) is 6.65. The molecule has 0 bridgehead atoms. The monoisotopic (exact) mass is 313 g/mol. The normalized spacial score (nSPS) is 10.6. The van der Waals surface area contributed by atoms with Crippen molar-refractivity contribution >= 4 is 28.4 Å². The van der Waals surface area contributed by atoms with E-state index < -0.39 is 17.4 Å². The minimum Gasteiger partial charge on any atom is -0.506 e. The van der Waals surface area contributed by atoms with Crippen molar-refractivity contribution in [2.24, 2.45) is 0 Å². The van der Waals surface area contributed by atoms with E-state index in [1.165, 1.54) is 24.3 Å². The van der Waals surface area contributed by atoms with Crippen molar-refractivity contribution in [2.45, 2.75) is 0 Å². The number of phenolic OH excluding ortho intramolecular Hbond substituents is 1. The van der Waals surface area contributed by atoms with E-state index in [4.69, 9.17) is 5.73 Å². The third-order valence-electron chi connectivity index (χ3n) is 3.37. The maximum Gasteiger partial charge on any atom is 0.351 e. The number of aromatic hydroxyl groups is 1. The third kappa shape index (κ3) is 2.31. The minimum atomic E-state index is -0.832. The zero-order chi connectivity index (χ0) is 16.6. The second kappa shape index (κ2) is 5.34. The van der Waals surface area contributed by atoms with Crippen LogP contribution in [0.25, 0.3) is 11.0 Å². The van der Waals surface area contributed by atoms with Gasteiger partial charge in [-0.05, 0) is 24.3 Å². The second-order valence-electron chi connectivity index (χ2n) is 4.80. The largest absolute Gasteiger partial charge is 0.506 e. The van der Waals surface area contributed by atoms with Crippen LogP contribution >= 0.6 is 0 Å². The minimum absolute atomic E-state index is 0.117. The summed E-state index contributed by atoms with van der Waals surface area (Å²) in [5.41, 5.74) is 5.63. The Morgan fingerprint density at radius 3 is 2.52 bits per heavy atom. The molecule has 1 amide bonds. The van der Waals surface area contributed by atoms with Gasteiger partial charge in [-0.3, -0.25) is 10.5 Å². The molecule has 0 aliphatic carbocycles. The van der Waals surface area contributed by atoms with Crippen LogP contribution in [-0.4, -0.2) is 21.0 Å². The van der Waals surface area contributed by atoms with Gasteiger partial charge in [0.1, 0.15) is 11.3 Å². The second-order valence-corrected chi connectivity index (χ2v) is 4.80. The smallest absolute Gasteiger partial charge is 0.351 e. The standard InChI is InChI=1S/C15H12N4O4/c16-14-13(15(21)17-9-5-1-4-8-12(9)20)18(22)10-6-2-3-7-11(10)19(14)23/h1-8,22H,(H3-,16,17,20,21,23)/p+1. The Bertz CT molecular complexity index is 981. The van der Waals surface area contributed by atoms with Gasteiger partial charge < -0.3 is 15.6 Å². The number of rotatable bonds is 2. The Morgan fingerprint density at radius 1 is 1.13 bits per heavy atom. The molecule has 0 fully saturated rings. The van der Waals surface area contributed by atoms with E-state index in [9.17, 15) is 20.0 Å². The zero-order valence-corrected chi connectivity index (χ0v) is 11.8. The maximum absolute atomic E-state index is 12.4. The molecule has 0 saturated heterocycles. The molecule has 0 aliphatic heterocycles. The number of amides is 1. The molecule has 3 rings (SSSR count). The van der Waals surface area contributed by atoms with Crippen LogP contribution in [0.1, 0.15) is 10.5 Å². The molecule has 1 aromatic heterocycles. The Kier molecular flexibility index (Phi) is 3.34. The van der Waals surface area contributed by atoms with Gasteiger partial charge in [0.05, 0.1) is 5.69 Å². The fourth-order valence-corrected chi connectivity index (χ4v) is 2.24. The molecular weight excluding hydrogens is 300 g/mol. The zero-order valence-electron chi connectivity index (χ0n) is 11.8. The molecule has 116 valence electrons. The van der Waals surface area contributed by atoms with Gasteiger partial charge in [-0.2, -0.15) is 4.73 Å². The lowest BCUT2D eigenvalue weighted by atomic mass is 10.2. The van der Waals surface area contributed by atoms with E-state index in [2.05, 4.69) is 5.32 Å². The number of hydrogen-bond acceptors (Lipinski definition) is 5. The summed E-state index contributed by atoms with van der Waals surface area (Å²) in [5, 5.41) is 22.3. The summed E-state index contributed by atoms with van der Waals surface area (Å²) in [7, 11) is 0. The van der Waals surface area contributed by atoms with Gasteiger partial charge in [0.25, 0.3) is 5.91 Å². The molecule has 5 N–H and O–H groups in total. The van der Waals surface area contributed by atoms with Crippen LogP contribution in [0, 0.1) is 4.91 Å². The Morgan fingerprint density at radius 2 is 1.78 bits per heavy atom. The van der Waals surface area contributed by atoms with E-state index in [0.717, 1.165) is 0 Å². The molecule has 23 heavy (non-hydrogen) atoms. The molecule has 3 aromatic rings. The van der Waals surface area contributed by atoms with Crippen LogP contribution < -0.4 is 15.5 Å². The van der Waals surface area contributed by atoms with Crippen molar-refractivity contribution in [1.29, 1.82) is 0 Å². The van der Waals surface area contributed by atoms with Crippen LogP contribution in [0.3, 0.4) is 0 Å². The summed E-state index contributed by atoms with van der Waals surface area (Å²) in [6, 6.07) is 12.2. The van der Waals surface area contributed by atoms with E-state index >= 15 is 0 Å². The molecule has 0 saturated carbocycles.